The van der Waals surface area contributed by atoms with E-state index in [4.69, 9.17) is 10.5 Å². The maximum Gasteiger partial charge on any atom is 0.227 e. The largest absolute Gasteiger partial charge is 0.370 e. The van der Waals surface area contributed by atoms with E-state index < -0.39 is 29.7 Å². The van der Waals surface area contributed by atoms with Gasteiger partial charge in [0.2, 0.25) is 5.91 Å². The predicted octanol–water partition coefficient (Wildman–Crippen LogP) is 3.62. The highest BCUT2D eigenvalue weighted by atomic mass is 35.5. The van der Waals surface area contributed by atoms with E-state index in [2.05, 4.69) is 0 Å². The Morgan fingerprint density at radius 2 is 1.89 bits per heavy atom. The van der Waals surface area contributed by atoms with E-state index in [9.17, 15) is 13.6 Å². The van der Waals surface area contributed by atoms with Gasteiger partial charge < -0.3 is 15.4 Å². The Kier molecular flexibility index (Phi) is 7.30. The van der Waals surface area contributed by atoms with Crippen LogP contribution in [0.4, 0.5) is 8.78 Å². The summed E-state index contributed by atoms with van der Waals surface area (Å²) < 4.78 is 32.3. The van der Waals surface area contributed by atoms with Crippen LogP contribution in [0.1, 0.15) is 30.2 Å². The van der Waals surface area contributed by atoms with Crippen LogP contribution in [-0.2, 0) is 9.53 Å². The molecular formula is C20H23ClF2N2O2. The summed E-state index contributed by atoms with van der Waals surface area (Å²) in [4.78, 5) is 14.6. The van der Waals surface area contributed by atoms with Crippen molar-refractivity contribution in [3.8, 4) is 0 Å². The molecule has 0 radical (unpaired) electrons. The molecule has 146 valence electrons. The molecule has 3 unspecified atom stereocenters. The standard InChI is InChI=1S/C20H22F2N2O2.ClH/c1-13(19(23)14-5-3-2-4-6-14)20(25)24-9-10-26-18(12-24)15-7-8-16(21)17(22)11-15;/h2-8,11,13,18-19H,9-10,12,23H2,1H3;1H. The Labute approximate surface area is 163 Å². The van der Waals surface area contributed by atoms with Gasteiger partial charge in [-0.3, -0.25) is 4.79 Å². The monoisotopic (exact) mass is 396 g/mol. The van der Waals surface area contributed by atoms with Crippen molar-refractivity contribution in [2.24, 2.45) is 11.7 Å². The second-order valence-electron chi connectivity index (χ2n) is 6.54. The number of carbonyl (C=O) groups is 1. The number of nitrogens with two attached hydrogens (primary N) is 1. The van der Waals surface area contributed by atoms with Crippen LogP contribution in [0.3, 0.4) is 0 Å². The molecule has 0 aromatic heterocycles. The predicted molar refractivity (Wildman–Crippen MR) is 101 cm³/mol. The fourth-order valence-electron chi connectivity index (χ4n) is 3.17. The molecule has 0 saturated carbocycles. The lowest BCUT2D eigenvalue weighted by atomic mass is 9.93. The van der Waals surface area contributed by atoms with E-state index in [0.29, 0.717) is 18.7 Å². The van der Waals surface area contributed by atoms with Gasteiger partial charge in [-0.05, 0) is 23.3 Å². The third-order valence-electron chi connectivity index (χ3n) is 4.81. The third-order valence-corrected chi connectivity index (χ3v) is 4.81. The third kappa shape index (κ3) is 4.83. The quantitative estimate of drug-likeness (QED) is 0.858. The number of benzene rings is 2. The molecular weight excluding hydrogens is 374 g/mol. The summed E-state index contributed by atoms with van der Waals surface area (Å²) in [6.45, 7) is 2.88. The molecule has 0 bridgehead atoms. The molecule has 2 aromatic carbocycles. The number of rotatable bonds is 4. The van der Waals surface area contributed by atoms with Gasteiger partial charge in [-0.1, -0.05) is 43.3 Å². The Bertz CT molecular complexity index is 776. The number of nitrogens with zero attached hydrogens (tertiary/aromatic N) is 1. The van der Waals surface area contributed by atoms with E-state index >= 15 is 0 Å². The Morgan fingerprint density at radius 1 is 1.19 bits per heavy atom. The fraction of sp³-hybridized carbons (Fsp3) is 0.350. The average molecular weight is 397 g/mol. The molecule has 0 spiro atoms. The van der Waals surface area contributed by atoms with Crippen LogP contribution in [0.5, 0.6) is 0 Å². The maximum atomic E-state index is 13.5. The summed E-state index contributed by atoms with van der Waals surface area (Å²) in [5.74, 6) is -2.30. The molecule has 2 N–H and O–H groups in total. The molecule has 1 amide bonds. The normalized spacial score (nSPS) is 19.1. The lowest BCUT2D eigenvalue weighted by Crippen LogP contribution is -2.46. The SMILES string of the molecule is CC(C(=O)N1CCOC(c2ccc(F)c(F)c2)C1)C(N)c1ccccc1.Cl. The highest BCUT2D eigenvalue weighted by Crippen LogP contribution is 2.27. The minimum Gasteiger partial charge on any atom is -0.370 e. The van der Waals surface area contributed by atoms with Crippen molar-refractivity contribution in [2.75, 3.05) is 19.7 Å². The fourth-order valence-corrected chi connectivity index (χ4v) is 3.17. The van der Waals surface area contributed by atoms with Gasteiger partial charge in [-0.25, -0.2) is 8.78 Å². The van der Waals surface area contributed by atoms with Gasteiger partial charge in [0.15, 0.2) is 11.6 Å². The average Bonchev–Trinajstić information content (AvgIpc) is 2.69. The van der Waals surface area contributed by atoms with Gasteiger partial charge in [0.25, 0.3) is 0 Å². The molecule has 4 nitrogen and oxygen atoms in total. The van der Waals surface area contributed by atoms with E-state index in [1.807, 2.05) is 37.3 Å². The number of hydrogen-bond donors (Lipinski definition) is 1. The minimum absolute atomic E-state index is 0. The lowest BCUT2D eigenvalue weighted by Gasteiger charge is -2.35. The molecule has 1 saturated heterocycles. The van der Waals surface area contributed by atoms with E-state index in [-0.39, 0.29) is 24.9 Å². The Hall–Kier alpha value is -2.02. The molecule has 3 rings (SSSR count). The van der Waals surface area contributed by atoms with E-state index in [1.165, 1.54) is 6.07 Å². The number of morpholine rings is 1. The Balaban J connectivity index is 0.00000261. The van der Waals surface area contributed by atoms with Crippen LogP contribution < -0.4 is 5.73 Å². The van der Waals surface area contributed by atoms with Crippen molar-refractivity contribution in [3.05, 3.63) is 71.3 Å². The van der Waals surface area contributed by atoms with Crippen LogP contribution in [0.25, 0.3) is 0 Å². The van der Waals surface area contributed by atoms with Crippen LogP contribution in [0.15, 0.2) is 48.5 Å². The minimum atomic E-state index is -0.922. The smallest absolute Gasteiger partial charge is 0.227 e. The molecule has 1 aliphatic heterocycles. The van der Waals surface area contributed by atoms with Gasteiger partial charge in [-0.15, -0.1) is 12.4 Å². The number of hydrogen-bond acceptors (Lipinski definition) is 3. The van der Waals surface area contributed by atoms with Crippen molar-refractivity contribution >= 4 is 18.3 Å². The van der Waals surface area contributed by atoms with Crippen molar-refractivity contribution < 1.29 is 18.3 Å². The topological polar surface area (TPSA) is 55.6 Å². The summed E-state index contributed by atoms with van der Waals surface area (Å²) in [5, 5.41) is 0. The van der Waals surface area contributed by atoms with Crippen LogP contribution in [0.2, 0.25) is 0 Å². The zero-order valence-electron chi connectivity index (χ0n) is 15.0. The van der Waals surface area contributed by atoms with Crippen molar-refractivity contribution in [1.82, 2.24) is 4.90 Å². The van der Waals surface area contributed by atoms with Gasteiger partial charge in [0.05, 0.1) is 19.1 Å². The van der Waals surface area contributed by atoms with Crippen molar-refractivity contribution in [2.45, 2.75) is 19.1 Å². The first-order valence-electron chi connectivity index (χ1n) is 8.63. The molecule has 2 aromatic rings. The number of halogens is 3. The molecule has 3 atom stereocenters. The van der Waals surface area contributed by atoms with Crippen LogP contribution in [0, 0.1) is 17.6 Å². The van der Waals surface area contributed by atoms with Crippen LogP contribution >= 0.6 is 12.4 Å². The number of carbonyl (C=O) groups excluding carboxylic acids is 1. The van der Waals surface area contributed by atoms with Gasteiger partial charge in [0, 0.05) is 12.6 Å². The first kappa shape index (κ1) is 21.3. The van der Waals surface area contributed by atoms with Gasteiger partial charge in [0.1, 0.15) is 6.10 Å². The second-order valence-corrected chi connectivity index (χ2v) is 6.54. The summed E-state index contributed by atoms with van der Waals surface area (Å²) in [7, 11) is 0. The highest BCUT2D eigenvalue weighted by molar-refractivity contribution is 5.85. The summed E-state index contributed by atoms with van der Waals surface area (Å²) in [5.41, 5.74) is 7.68. The summed E-state index contributed by atoms with van der Waals surface area (Å²) in [6, 6.07) is 12.7. The maximum absolute atomic E-state index is 13.5. The summed E-state index contributed by atoms with van der Waals surface area (Å²) >= 11 is 0. The zero-order chi connectivity index (χ0) is 18.7. The molecule has 1 aliphatic rings. The lowest BCUT2D eigenvalue weighted by molar-refractivity contribution is -0.143. The molecule has 1 fully saturated rings. The zero-order valence-corrected chi connectivity index (χ0v) is 15.8. The molecule has 27 heavy (non-hydrogen) atoms. The van der Waals surface area contributed by atoms with Gasteiger partial charge in [-0.2, -0.15) is 0 Å². The van der Waals surface area contributed by atoms with E-state index in [0.717, 1.165) is 17.7 Å². The molecule has 0 aliphatic carbocycles. The van der Waals surface area contributed by atoms with Crippen molar-refractivity contribution in [1.29, 1.82) is 0 Å². The summed E-state index contributed by atoms with van der Waals surface area (Å²) in [6.07, 6.45) is -0.483. The first-order chi connectivity index (χ1) is 12.5. The first-order valence-corrected chi connectivity index (χ1v) is 8.63. The molecule has 7 heteroatoms. The van der Waals surface area contributed by atoms with E-state index in [1.54, 1.807) is 4.90 Å². The Morgan fingerprint density at radius 3 is 2.56 bits per heavy atom. The van der Waals surface area contributed by atoms with Crippen LogP contribution in [-0.4, -0.2) is 30.5 Å². The number of amides is 1. The highest BCUT2D eigenvalue weighted by Gasteiger charge is 2.31. The number of ether oxygens (including phenoxy) is 1. The van der Waals surface area contributed by atoms with Gasteiger partial charge >= 0.3 is 0 Å². The second kappa shape index (κ2) is 9.26. The van der Waals surface area contributed by atoms with Crippen molar-refractivity contribution in [3.63, 3.8) is 0 Å². The molecule has 1 heterocycles.